The lowest BCUT2D eigenvalue weighted by Crippen LogP contribution is -2.02. The number of hydrogen-bond donors (Lipinski definition) is 1. The zero-order chi connectivity index (χ0) is 6.81. The van der Waals surface area contributed by atoms with Crippen LogP contribution in [0.25, 0.3) is 0 Å². The maximum atomic E-state index is 3.04. The highest BCUT2D eigenvalue weighted by molar-refractivity contribution is 8.05. The second-order valence-electron chi connectivity index (χ2n) is 2.11. The number of thioether (sulfide) groups is 1. The van der Waals surface area contributed by atoms with Crippen molar-refractivity contribution >= 4 is 11.8 Å². The van der Waals surface area contributed by atoms with Crippen molar-refractivity contribution in [3.05, 3.63) is 46.5 Å². The van der Waals surface area contributed by atoms with Crippen LogP contribution >= 0.6 is 11.8 Å². The van der Waals surface area contributed by atoms with Crippen LogP contribution in [0, 0.1) is 0 Å². The van der Waals surface area contributed by atoms with E-state index in [-0.39, 0.29) is 0 Å². The average Bonchev–Trinajstić information content (AvgIpc) is 2.05. The molecule has 0 aromatic heterocycles. The van der Waals surface area contributed by atoms with Crippen molar-refractivity contribution in [3.63, 3.8) is 0 Å². The highest BCUT2D eigenvalue weighted by Crippen LogP contribution is 2.25. The fourth-order valence-corrected chi connectivity index (χ4v) is 1.60. The molecular weight excluding hydrogens is 142 g/mol. The molecule has 0 aromatic carbocycles. The average molecular weight is 149 g/mol. The van der Waals surface area contributed by atoms with E-state index < -0.39 is 0 Å². The van der Waals surface area contributed by atoms with Crippen molar-refractivity contribution in [2.75, 3.05) is 0 Å². The van der Waals surface area contributed by atoms with Gasteiger partial charge in [-0.3, -0.25) is 0 Å². The fourth-order valence-electron chi connectivity index (χ4n) is 0.932. The molecule has 1 nitrogen and oxygen atoms in total. The quantitative estimate of drug-likeness (QED) is 0.566. The minimum absolute atomic E-state index is 1.27. The van der Waals surface area contributed by atoms with Crippen molar-refractivity contribution in [2.24, 2.45) is 0 Å². The predicted octanol–water partition coefficient (Wildman–Crippen LogP) is 2.13. The zero-order valence-corrected chi connectivity index (χ0v) is 6.19. The van der Waals surface area contributed by atoms with Gasteiger partial charge in [-0.1, -0.05) is 0 Å². The number of dihydropyridines is 1. The molecule has 0 radical (unpaired) electrons. The molecule has 0 amide bonds. The number of allylic oxidation sites excluding steroid dienone is 4. The van der Waals surface area contributed by atoms with Gasteiger partial charge >= 0.3 is 0 Å². The van der Waals surface area contributed by atoms with Gasteiger partial charge in [0.15, 0.2) is 0 Å². The second-order valence-corrected chi connectivity index (χ2v) is 2.89. The summed E-state index contributed by atoms with van der Waals surface area (Å²) in [6, 6.07) is 0. The first kappa shape index (κ1) is 5.86. The van der Waals surface area contributed by atoms with Crippen LogP contribution < -0.4 is 5.32 Å². The van der Waals surface area contributed by atoms with Crippen molar-refractivity contribution in [1.29, 1.82) is 0 Å². The van der Waals surface area contributed by atoms with E-state index in [0.29, 0.717) is 0 Å². The second kappa shape index (κ2) is 2.39. The first-order valence-corrected chi connectivity index (χ1v) is 4.06. The van der Waals surface area contributed by atoms with E-state index in [4.69, 9.17) is 0 Å². The fraction of sp³-hybridized carbons (Fsp3) is 0. The minimum atomic E-state index is 1.27. The summed E-state index contributed by atoms with van der Waals surface area (Å²) in [5, 5.41) is 7.26. The highest BCUT2D eigenvalue weighted by Gasteiger charge is 2.03. The normalized spacial score (nSPS) is 20.8. The molecule has 0 saturated heterocycles. The lowest BCUT2D eigenvalue weighted by atomic mass is 10.1. The summed E-state index contributed by atoms with van der Waals surface area (Å²) in [6.07, 6.45) is 8.12. The summed E-state index contributed by atoms with van der Waals surface area (Å²) >= 11 is 1.72. The largest absolute Gasteiger partial charge is 0.367 e. The molecule has 2 heterocycles. The summed E-state index contributed by atoms with van der Waals surface area (Å²) in [6.45, 7) is 0. The van der Waals surface area contributed by atoms with E-state index in [2.05, 4.69) is 28.3 Å². The van der Waals surface area contributed by atoms with Crippen LogP contribution in [-0.2, 0) is 0 Å². The van der Waals surface area contributed by atoms with Crippen LogP contribution in [0.15, 0.2) is 46.5 Å². The molecule has 10 heavy (non-hydrogen) atoms. The molecule has 0 aliphatic carbocycles. The van der Waals surface area contributed by atoms with Gasteiger partial charge in [-0.25, -0.2) is 0 Å². The number of rotatable bonds is 0. The topological polar surface area (TPSA) is 12.0 Å². The first-order valence-electron chi connectivity index (χ1n) is 3.12. The molecule has 0 aromatic rings. The Balaban J connectivity index is 2.38. The first-order chi connectivity index (χ1) is 4.97. The lowest BCUT2D eigenvalue weighted by Gasteiger charge is -2.11. The summed E-state index contributed by atoms with van der Waals surface area (Å²) in [4.78, 5) is 0. The molecule has 0 unspecified atom stereocenters. The zero-order valence-electron chi connectivity index (χ0n) is 5.37. The molecule has 2 heteroatoms. The van der Waals surface area contributed by atoms with Crippen LogP contribution in [0.5, 0.6) is 0 Å². The van der Waals surface area contributed by atoms with E-state index in [1.54, 1.807) is 11.8 Å². The smallest absolute Gasteiger partial charge is 0.00839 e. The molecular formula is C8H7NS. The van der Waals surface area contributed by atoms with Gasteiger partial charge in [0.2, 0.25) is 0 Å². The highest BCUT2D eigenvalue weighted by atomic mass is 32.2. The molecule has 2 aliphatic rings. The maximum absolute atomic E-state index is 3.04. The Bertz CT molecular complexity index is 230. The Morgan fingerprint density at radius 2 is 2.20 bits per heavy atom. The van der Waals surface area contributed by atoms with E-state index in [1.165, 1.54) is 11.1 Å². The van der Waals surface area contributed by atoms with E-state index in [9.17, 15) is 0 Å². The van der Waals surface area contributed by atoms with Crippen molar-refractivity contribution in [3.8, 4) is 0 Å². The number of fused-ring (bicyclic) bond motifs is 1. The van der Waals surface area contributed by atoms with Gasteiger partial charge in [-0.2, -0.15) is 0 Å². The SMILES string of the molecule is C1=CC2=CSC=CC2=CN1. The molecule has 0 fully saturated rings. The van der Waals surface area contributed by atoms with Crippen molar-refractivity contribution < 1.29 is 0 Å². The van der Waals surface area contributed by atoms with Crippen molar-refractivity contribution in [2.45, 2.75) is 0 Å². The molecule has 2 aliphatic heterocycles. The van der Waals surface area contributed by atoms with Gasteiger partial charge in [0.25, 0.3) is 0 Å². The Hall–Kier alpha value is -0.890. The Morgan fingerprint density at radius 1 is 1.20 bits per heavy atom. The molecule has 0 saturated carbocycles. The van der Waals surface area contributed by atoms with Crippen LogP contribution in [-0.4, -0.2) is 0 Å². The van der Waals surface area contributed by atoms with Crippen LogP contribution in [0.4, 0.5) is 0 Å². The van der Waals surface area contributed by atoms with Gasteiger partial charge in [0, 0.05) is 12.4 Å². The third kappa shape index (κ3) is 0.907. The van der Waals surface area contributed by atoms with Gasteiger partial charge in [0.1, 0.15) is 0 Å². The molecule has 2 rings (SSSR count). The van der Waals surface area contributed by atoms with E-state index in [1.807, 2.05) is 12.4 Å². The molecule has 1 N–H and O–H groups in total. The van der Waals surface area contributed by atoms with Gasteiger partial charge in [-0.05, 0) is 34.1 Å². The Labute approximate surface area is 64.2 Å². The molecule has 50 valence electrons. The summed E-state index contributed by atoms with van der Waals surface area (Å²) < 4.78 is 0. The molecule has 0 spiro atoms. The van der Waals surface area contributed by atoms with Crippen LogP contribution in [0.3, 0.4) is 0 Å². The Morgan fingerprint density at radius 3 is 3.10 bits per heavy atom. The number of nitrogens with one attached hydrogen (secondary N) is 1. The standard InChI is InChI=1S/C8H7NS/c1-3-9-5-7-2-4-10-6-8(1)7/h1-6,9H. The van der Waals surface area contributed by atoms with E-state index in [0.717, 1.165) is 0 Å². The monoisotopic (exact) mass is 149 g/mol. The van der Waals surface area contributed by atoms with E-state index >= 15 is 0 Å². The molecule has 0 atom stereocenters. The maximum Gasteiger partial charge on any atom is 0.00839 e. The lowest BCUT2D eigenvalue weighted by molar-refractivity contribution is 1.14. The third-order valence-corrected chi connectivity index (χ3v) is 2.14. The van der Waals surface area contributed by atoms with Gasteiger partial charge in [-0.15, -0.1) is 11.8 Å². The van der Waals surface area contributed by atoms with Gasteiger partial charge < -0.3 is 5.32 Å². The van der Waals surface area contributed by atoms with Crippen molar-refractivity contribution in [1.82, 2.24) is 5.32 Å². The molecule has 0 bridgehead atoms. The minimum Gasteiger partial charge on any atom is -0.367 e. The Kier molecular flexibility index (Phi) is 1.40. The number of hydrogen-bond acceptors (Lipinski definition) is 2. The van der Waals surface area contributed by atoms with Crippen LogP contribution in [0.1, 0.15) is 0 Å². The summed E-state index contributed by atoms with van der Waals surface area (Å²) in [5.74, 6) is 0. The predicted molar refractivity (Wildman–Crippen MR) is 45.2 cm³/mol. The summed E-state index contributed by atoms with van der Waals surface area (Å²) in [5.41, 5.74) is 2.56. The van der Waals surface area contributed by atoms with Crippen LogP contribution in [0.2, 0.25) is 0 Å². The van der Waals surface area contributed by atoms with Gasteiger partial charge in [0.05, 0.1) is 0 Å². The third-order valence-electron chi connectivity index (χ3n) is 1.45. The summed E-state index contributed by atoms with van der Waals surface area (Å²) in [7, 11) is 0.